The molecular formula is C20H24FN5O. The summed E-state index contributed by atoms with van der Waals surface area (Å²) in [6.45, 7) is 3.26. The van der Waals surface area contributed by atoms with E-state index in [1.165, 1.54) is 12.5 Å². The maximum atomic E-state index is 14.0. The largest absolute Gasteiger partial charge is 0.347 e. The van der Waals surface area contributed by atoms with Crippen LogP contribution in [0.3, 0.4) is 0 Å². The maximum absolute atomic E-state index is 14.0. The Morgan fingerprint density at radius 2 is 1.96 bits per heavy atom. The molecule has 2 atom stereocenters. The van der Waals surface area contributed by atoms with Gasteiger partial charge in [0.1, 0.15) is 11.6 Å². The van der Waals surface area contributed by atoms with Crippen LogP contribution in [0.2, 0.25) is 0 Å². The van der Waals surface area contributed by atoms with Crippen LogP contribution in [0.25, 0.3) is 0 Å². The standard InChI is InChI=1S/C20H24FN5O/c21-17-7-2-1-4-13(17)9-25-10-14-8-18-23-24-19(26(18)12-15(14)11-25)20(27)22-16-5-3-6-16/h1-2,4,7,14-16H,3,5-6,8-12H2,(H,22,27)/t14-,15+/m0/s1. The van der Waals surface area contributed by atoms with Gasteiger partial charge >= 0.3 is 0 Å². The first-order chi connectivity index (χ1) is 13.2. The first kappa shape index (κ1) is 16.9. The maximum Gasteiger partial charge on any atom is 0.289 e. The van der Waals surface area contributed by atoms with Crippen molar-refractivity contribution in [2.75, 3.05) is 13.1 Å². The van der Waals surface area contributed by atoms with E-state index < -0.39 is 0 Å². The van der Waals surface area contributed by atoms with E-state index in [4.69, 9.17) is 0 Å². The Morgan fingerprint density at radius 3 is 2.74 bits per heavy atom. The van der Waals surface area contributed by atoms with Gasteiger partial charge in [0, 0.05) is 44.2 Å². The molecule has 1 saturated carbocycles. The minimum absolute atomic E-state index is 0.0990. The van der Waals surface area contributed by atoms with E-state index in [0.29, 0.717) is 30.2 Å². The van der Waals surface area contributed by atoms with Crippen molar-refractivity contribution in [1.82, 2.24) is 25.0 Å². The summed E-state index contributed by atoms with van der Waals surface area (Å²) in [5, 5.41) is 11.5. The van der Waals surface area contributed by atoms with Crippen LogP contribution in [-0.4, -0.2) is 44.7 Å². The Kier molecular flexibility index (Phi) is 4.19. The molecule has 1 aliphatic carbocycles. The lowest BCUT2D eigenvalue weighted by atomic mass is 9.89. The van der Waals surface area contributed by atoms with Gasteiger partial charge in [0.15, 0.2) is 0 Å². The number of halogens is 1. The molecule has 2 fully saturated rings. The zero-order valence-corrected chi connectivity index (χ0v) is 15.3. The Labute approximate surface area is 157 Å². The van der Waals surface area contributed by atoms with Gasteiger partial charge in [-0.15, -0.1) is 10.2 Å². The quantitative estimate of drug-likeness (QED) is 0.896. The number of nitrogens with one attached hydrogen (secondary N) is 1. The van der Waals surface area contributed by atoms with Crippen molar-refractivity contribution in [3.05, 3.63) is 47.3 Å². The van der Waals surface area contributed by atoms with Crippen LogP contribution in [-0.2, 0) is 19.5 Å². The molecule has 142 valence electrons. The fraction of sp³-hybridized carbons (Fsp3) is 0.550. The molecule has 5 rings (SSSR count). The van der Waals surface area contributed by atoms with E-state index in [-0.39, 0.29) is 11.7 Å². The molecule has 1 N–H and O–H groups in total. The predicted octanol–water partition coefficient (Wildman–Crippen LogP) is 2.00. The summed E-state index contributed by atoms with van der Waals surface area (Å²) in [5.74, 6) is 2.06. The molecule has 6 nitrogen and oxygen atoms in total. The Balaban J connectivity index is 1.27. The van der Waals surface area contributed by atoms with Crippen molar-refractivity contribution >= 4 is 5.91 Å². The lowest BCUT2D eigenvalue weighted by Crippen LogP contribution is -2.41. The van der Waals surface area contributed by atoms with E-state index in [1.54, 1.807) is 6.07 Å². The summed E-state index contributed by atoms with van der Waals surface area (Å²) < 4.78 is 16.0. The molecule has 3 aliphatic rings. The van der Waals surface area contributed by atoms with Gasteiger partial charge in [-0.1, -0.05) is 18.2 Å². The molecule has 0 bridgehead atoms. The predicted molar refractivity (Wildman–Crippen MR) is 97.5 cm³/mol. The van der Waals surface area contributed by atoms with Crippen LogP contribution >= 0.6 is 0 Å². The molecule has 1 aromatic heterocycles. The summed E-state index contributed by atoms with van der Waals surface area (Å²) in [6, 6.07) is 7.28. The topological polar surface area (TPSA) is 63.1 Å². The molecule has 27 heavy (non-hydrogen) atoms. The molecular weight excluding hydrogens is 345 g/mol. The second-order valence-electron chi connectivity index (χ2n) is 8.16. The van der Waals surface area contributed by atoms with E-state index in [0.717, 1.165) is 50.3 Å². The molecule has 2 aliphatic heterocycles. The zero-order valence-electron chi connectivity index (χ0n) is 15.3. The van der Waals surface area contributed by atoms with Crippen molar-refractivity contribution in [3.63, 3.8) is 0 Å². The number of aromatic nitrogens is 3. The monoisotopic (exact) mass is 369 g/mol. The SMILES string of the molecule is O=C(NC1CCC1)c1nnc2n1C[C@H]1CN(Cc3ccccc3F)C[C@@H]1C2. The third kappa shape index (κ3) is 3.14. The highest BCUT2D eigenvalue weighted by molar-refractivity contribution is 5.91. The molecule has 7 heteroatoms. The Morgan fingerprint density at radius 1 is 1.15 bits per heavy atom. The molecule has 1 amide bonds. The average molecular weight is 369 g/mol. The fourth-order valence-electron chi connectivity index (χ4n) is 4.59. The third-order valence-electron chi connectivity index (χ3n) is 6.34. The van der Waals surface area contributed by atoms with Crippen LogP contribution in [0.4, 0.5) is 4.39 Å². The summed E-state index contributed by atoms with van der Waals surface area (Å²) >= 11 is 0. The second-order valence-corrected chi connectivity index (χ2v) is 8.16. The van der Waals surface area contributed by atoms with Gasteiger partial charge in [0.25, 0.3) is 5.91 Å². The molecule has 0 radical (unpaired) electrons. The van der Waals surface area contributed by atoms with Gasteiger partial charge in [-0.05, 0) is 37.2 Å². The van der Waals surface area contributed by atoms with Gasteiger partial charge in [-0.2, -0.15) is 0 Å². The highest BCUT2D eigenvalue weighted by Crippen LogP contribution is 2.33. The van der Waals surface area contributed by atoms with Gasteiger partial charge < -0.3 is 9.88 Å². The zero-order chi connectivity index (χ0) is 18.4. The molecule has 3 heterocycles. The summed E-state index contributed by atoms with van der Waals surface area (Å²) in [6.07, 6.45) is 4.14. The first-order valence-electron chi connectivity index (χ1n) is 9.86. The van der Waals surface area contributed by atoms with E-state index >= 15 is 0 Å². The minimum atomic E-state index is -0.139. The number of likely N-dealkylation sites (tertiary alicyclic amines) is 1. The number of fused-ring (bicyclic) bond motifs is 2. The molecule has 0 spiro atoms. The van der Waals surface area contributed by atoms with Crippen LogP contribution in [0.15, 0.2) is 24.3 Å². The number of benzene rings is 1. The van der Waals surface area contributed by atoms with Crippen molar-refractivity contribution < 1.29 is 9.18 Å². The molecule has 1 saturated heterocycles. The molecule has 1 aromatic carbocycles. The number of hydrogen-bond acceptors (Lipinski definition) is 4. The minimum Gasteiger partial charge on any atom is -0.347 e. The van der Waals surface area contributed by atoms with Crippen LogP contribution in [0.5, 0.6) is 0 Å². The van der Waals surface area contributed by atoms with Crippen LogP contribution in [0.1, 0.15) is 41.3 Å². The van der Waals surface area contributed by atoms with E-state index in [1.807, 2.05) is 16.7 Å². The van der Waals surface area contributed by atoms with Crippen molar-refractivity contribution in [2.24, 2.45) is 11.8 Å². The first-order valence-corrected chi connectivity index (χ1v) is 9.86. The summed E-state index contributed by atoms with van der Waals surface area (Å²) in [7, 11) is 0. The number of nitrogens with zero attached hydrogens (tertiary/aromatic N) is 4. The highest BCUT2D eigenvalue weighted by Gasteiger charge is 2.39. The van der Waals surface area contributed by atoms with Crippen molar-refractivity contribution in [1.29, 1.82) is 0 Å². The summed E-state index contributed by atoms with van der Waals surface area (Å²) in [4.78, 5) is 14.9. The van der Waals surface area contributed by atoms with Gasteiger partial charge in [0.2, 0.25) is 5.82 Å². The lowest BCUT2D eigenvalue weighted by molar-refractivity contribution is 0.0898. The summed E-state index contributed by atoms with van der Waals surface area (Å²) in [5.41, 5.74) is 0.746. The number of carbonyl (C=O) groups excluding carboxylic acids is 1. The Hall–Kier alpha value is -2.28. The third-order valence-corrected chi connectivity index (χ3v) is 6.34. The number of rotatable bonds is 4. The van der Waals surface area contributed by atoms with Crippen LogP contribution < -0.4 is 5.32 Å². The smallest absolute Gasteiger partial charge is 0.289 e. The fourth-order valence-corrected chi connectivity index (χ4v) is 4.59. The second kappa shape index (κ2) is 6.71. The molecule has 2 aromatic rings. The highest BCUT2D eigenvalue weighted by atomic mass is 19.1. The lowest BCUT2D eigenvalue weighted by Gasteiger charge is -2.28. The normalized spacial score (nSPS) is 24.9. The number of amides is 1. The van der Waals surface area contributed by atoms with Crippen LogP contribution in [0, 0.1) is 17.7 Å². The average Bonchev–Trinajstić information content (AvgIpc) is 3.20. The molecule has 0 unspecified atom stereocenters. The van der Waals surface area contributed by atoms with E-state index in [9.17, 15) is 9.18 Å². The van der Waals surface area contributed by atoms with Crippen molar-refractivity contribution in [2.45, 2.75) is 44.8 Å². The number of hydrogen-bond donors (Lipinski definition) is 1. The number of carbonyl (C=O) groups is 1. The van der Waals surface area contributed by atoms with Crippen molar-refractivity contribution in [3.8, 4) is 0 Å². The van der Waals surface area contributed by atoms with Gasteiger partial charge in [-0.3, -0.25) is 9.69 Å². The Bertz CT molecular complexity index is 862. The van der Waals surface area contributed by atoms with Gasteiger partial charge in [-0.25, -0.2) is 4.39 Å². The van der Waals surface area contributed by atoms with E-state index in [2.05, 4.69) is 20.4 Å². The van der Waals surface area contributed by atoms with Gasteiger partial charge in [0.05, 0.1) is 0 Å².